The Balaban J connectivity index is 3.60. The maximum atomic E-state index is 8.91. The Kier molecular flexibility index (Phi) is 0.610. The van der Waals surface area contributed by atoms with Crippen molar-refractivity contribution in [2.75, 3.05) is 0 Å². The standard InChI is InChI=1S/C6H6O3/c7-4-1-5(8)3-6(9)2-4/h1-3,7-9H/i1D,2D,3D. The smallest absolute Gasteiger partial charge is 0.122 e. The van der Waals surface area contributed by atoms with Crippen LogP contribution in [0.5, 0.6) is 17.2 Å². The van der Waals surface area contributed by atoms with Crippen LogP contribution in [-0.2, 0) is 0 Å². The van der Waals surface area contributed by atoms with Crippen molar-refractivity contribution in [3.05, 3.63) is 18.1 Å². The van der Waals surface area contributed by atoms with Gasteiger partial charge in [0.05, 0.1) is 4.11 Å². The van der Waals surface area contributed by atoms with Crippen molar-refractivity contribution in [1.82, 2.24) is 0 Å². The van der Waals surface area contributed by atoms with Crippen LogP contribution in [0.4, 0.5) is 0 Å². The Morgan fingerprint density at radius 2 is 1.11 bits per heavy atom. The topological polar surface area (TPSA) is 60.7 Å². The van der Waals surface area contributed by atoms with Crippen LogP contribution in [0.25, 0.3) is 0 Å². The van der Waals surface area contributed by atoms with E-state index in [1.54, 1.807) is 0 Å². The maximum absolute atomic E-state index is 8.91. The van der Waals surface area contributed by atoms with Crippen LogP contribution < -0.4 is 0 Å². The van der Waals surface area contributed by atoms with E-state index in [9.17, 15) is 0 Å². The number of aromatic hydroxyl groups is 3. The Bertz CT molecular complexity index is 232. The summed E-state index contributed by atoms with van der Waals surface area (Å²) in [6.07, 6.45) is 0. The number of phenols is 3. The largest absolute Gasteiger partial charge is 0.508 e. The predicted molar refractivity (Wildman–Crippen MR) is 31.4 cm³/mol. The van der Waals surface area contributed by atoms with Gasteiger partial charge in [0.25, 0.3) is 0 Å². The van der Waals surface area contributed by atoms with Gasteiger partial charge in [-0.1, -0.05) is 0 Å². The quantitative estimate of drug-likeness (QED) is 0.485. The number of phenolic OH excluding ortho intramolecular Hbond substituents is 3. The van der Waals surface area contributed by atoms with E-state index in [1.807, 2.05) is 0 Å². The molecule has 0 aliphatic heterocycles. The number of hydrogen-bond donors (Lipinski definition) is 3. The van der Waals surface area contributed by atoms with E-state index in [4.69, 9.17) is 19.4 Å². The van der Waals surface area contributed by atoms with Gasteiger partial charge in [-0.15, -0.1) is 0 Å². The second kappa shape index (κ2) is 1.85. The average Bonchev–Trinajstić information content (AvgIpc) is 2.08. The minimum atomic E-state index is -0.832. The highest BCUT2D eigenvalue weighted by molar-refractivity contribution is 5.39. The predicted octanol–water partition coefficient (Wildman–Crippen LogP) is 0.803. The van der Waals surface area contributed by atoms with Gasteiger partial charge >= 0.3 is 0 Å². The van der Waals surface area contributed by atoms with Crippen molar-refractivity contribution >= 4 is 0 Å². The van der Waals surface area contributed by atoms with Crippen molar-refractivity contribution in [3.8, 4) is 17.2 Å². The summed E-state index contributed by atoms with van der Waals surface area (Å²) in [5.41, 5.74) is 0. The summed E-state index contributed by atoms with van der Waals surface area (Å²) in [7, 11) is 0. The molecule has 0 spiro atoms. The van der Waals surface area contributed by atoms with Crippen LogP contribution >= 0.6 is 0 Å². The Labute approximate surface area is 56.0 Å². The molecule has 0 saturated heterocycles. The van der Waals surface area contributed by atoms with E-state index in [0.717, 1.165) is 0 Å². The number of hydrogen-bond acceptors (Lipinski definition) is 3. The van der Waals surface area contributed by atoms with Gasteiger partial charge in [0.1, 0.15) is 17.2 Å². The molecule has 3 heteroatoms. The highest BCUT2D eigenvalue weighted by atomic mass is 16.3. The molecule has 48 valence electrons. The van der Waals surface area contributed by atoms with E-state index in [2.05, 4.69) is 0 Å². The van der Waals surface area contributed by atoms with Gasteiger partial charge in [0, 0.05) is 18.1 Å². The molecule has 0 aliphatic rings. The zero-order valence-electron chi connectivity index (χ0n) is 7.34. The van der Waals surface area contributed by atoms with E-state index in [0.29, 0.717) is 0 Å². The lowest BCUT2D eigenvalue weighted by Crippen LogP contribution is -1.66. The Morgan fingerprint density at radius 1 is 0.889 bits per heavy atom. The normalized spacial score (nSPS) is 14.0. The molecule has 0 atom stereocenters. The summed E-state index contributed by atoms with van der Waals surface area (Å²) in [6.45, 7) is 0. The van der Waals surface area contributed by atoms with E-state index >= 15 is 0 Å². The highest BCUT2D eigenvalue weighted by Crippen LogP contribution is 2.23. The summed E-state index contributed by atoms with van der Waals surface area (Å²) in [5.74, 6) is -2.50. The molecule has 3 nitrogen and oxygen atoms in total. The van der Waals surface area contributed by atoms with Crippen molar-refractivity contribution in [1.29, 1.82) is 0 Å². The van der Waals surface area contributed by atoms with Crippen molar-refractivity contribution in [2.45, 2.75) is 0 Å². The first-order valence-electron chi connectivity index (χ1n) is 3.67. The summed E-state index contributed by atoms with van der Waals surface area (Å²) in [6, 6.07) is -2.16. The molecule has 0 amide bonds. The second-order valence-corrected chi connectivity index (χ2v) is 1.42. The first-order chi connectivity index (χ1) is 5.46. The summed E-state index contributed by atoms with van der Waals surface area (Å²) < 4.78 is 20.9. The lowest BCUT2D eigenvalue weighted by atomic mass is 10.3. The summed E-state index contributed by atoms with van der Waals surface area (Å²) in [4.78, 5) is 0. The van der Waals surface area contributed by atoms with Crippen LogP contribution in [0.2, 0.25) is 0 Å². The van der Waals surface area contributed by atoms with Crippen LogP contribution in [0.15, 0.2) is 18.1 Å². The third kappa shape index (κ3) is 1.25. The number of rotatable bonds is 0. The minimum absolute atomic E-state index is 0.720. The lowest BCUT2D eigenvalue weighted by Gasteiger charge is -1.94. The molecule has 0 unspecified atom stereocenters. The van der Waals surface area contributed by atoms with E-state index in [1.165, 1.54) is 0 Å². The molecule has 0 aliphatic carbocycles. The molecule has 0 radical (unpaired) electrons. The fourth-order valence-corrected chi connectivity index (χ4v) is 0.430. The monoisotopic (exact) mass is 129 g/mol. The molecule has 3 N–H and O–H groups in total. The molecule has 1 aromatic carbocycles. The van der Waals surface area contributed by atoms with Crippen LogP contribution in [0.3, 0.4) is 0 Å². The zero-order valence-corrected chi connectivity index (χ0v) is 4.34. The molecule has 1 aromatic rings. The third-order valence-electron chi connectivity index (χ3n) is 0.710. The van der Waals surface area contributed by atoms with Gasteiger partial charge in [-0.25, -0.2) is 0 Å². The van der Waals surface area contributed by atoms with E-state index in [-0.39, 0.29) is 0 Å². The van der Waals surface area contributed by atoms with Crippen molar-refractivity contribution in [2.24, 2.45) is 0 Å². The summed E-state index contributed by atoms with van der Waals surface area (Å²) >= 11 is 0. The fraction of sp³-hybridized carbons (Fsp3) is 0. The molecular formula is C6H6O3. The molecule has 0 heterocycles. The van der Waals surface area contributed by atoms with Gasteiger partial charge < -0.3 is 15.3 Å². The molecule has 9 heavy (non-hydrogen) atoms. The van der Waals surface area contributed by atoms with E-state index < -0.39 is 35.4 Å². The lowest BCUT2D eigenvalue weighted by molar-refractivity contribution is 0.428. The van der Waals surface area contributed by atoms with Crippen LogP contribution in [-0.4, -0.2) is 15.3 Å². The zero-order chi connectivity index (χ0) is 9.46. The SMILES string of the molecule is [2H]c1c(O)c([2H])c(O)c([2H])c1O. The van der Waals surface area contributed by atoms with Crippen molar-refractivity contribution in [3.63, 3.8) is 0 Å². The number of benzene rings is 1. The molecule has 1 rings (SSSR count). The molecule has 0 aromatic heterocycles. The molecule has 0 fully saturated rings. The second-order valence-electron chi connectivity index (χ2n) is 1.42. The van der Waals surface area contributed by atoms with Crippen molar-refractivity contribution < 1.29 is 19.4 Å². The summed E-state index contributed by atoms with van der Waals surface area (Å²) in [5, 5.41) is 26.7. The first-order valence-corrected chi connectivity index (χ1v) is 2.17. The van der Waals surface area contributed by atoms with Gasteiger partial charge in [-0.3, -0.25) is 0 Å². The Morgan fingerprint density at radius 3 is 1.33 bits per heavy atom. The Hall–Kier alpha value is -1.38. The molecular weight excluding hydrogens is 120 g/mol. The minimum Gasteiger partial charge on any atom is -0.508 e. The van der Waals surface area contributed by atoms with Gasteiger partial charge in [0.15, 0.2) is 0 Å². The average molecular weight is 129 g/mol. The molecule has 0 saturated carbocycles. The highest BCUT2D eigenvalue weighted by Gasteiger charge is 1.94. The van der Waals surface area contributed by atoms with Gasteiger partial charge in [-0.2, -0.15) is 0 Å². The molecule has 0 bridgehead atoms. The van der Waals surface area contributed by atoms with Crippen LogP contribution in [0.1, 0.15) is 4.11 Å². The van der Waals surface area contributed by atoms with Gasteiger partial charge in [0.2, 0.25) is 0 Å². The van der Waals surface area contributed by atoms with Crippen LogP contribution in [0, 0.1) is 0 Å². The fourth-order valence-electron chi connectivity index (χ4n) is 0.430. The van der Waals surface area contributed by atoms with Gasteiger partial charge in [-0.05, 0) is 0 Å². The first kappa shape index (κ1) is 2.96. The third-order valence-corrected chi connectivity index (χ3v) is 0.710. The maximum Gasteiger partial charge on any atom is 0.122 e.